The molecule has 1 aliphatic carbocycles. The lowest BCUT2D eigenvalue weighted by molar-refractivity contribution is -0.131. The van der Waals surface area contributed by atoms with Crippen LogP contribution >= 0.6 is 23.2 Å². The van der Waals surface area contributed by atoms with Crippen molar-refractivity contribution in [3.8, 4) is 5.75 Å². The summed E-state index contributed by atoms with van der Waals surface area (Å²) < 4.78 is 20.0. The largest absolute Gasteiger partial charge is 0.486 e. The van der Waals surface area contributed by atoms with E-state index in [-0.39, 0.29) is 5.02 Å². The molecule has 1 fully saturated rings. The number of hydrogen-bond acceptors (Lipinski definition) is 2. The Hall–Kier alpha value is -2.56. The number of carboxylic acids is 1. The van der Waals surface area contributed by atoms with Gasteiger partial charge in [-0.15, -0.1) is 0 Å². The number of rotatable bonds is 6. The molecule has 30 heavy (non-hydrogen) atoms. The van der Waals surface area contributed by atoms with Gasteiger partial charge < -0.3 is 9.84 Å². The molecular weight excluding hydrogens is 426 g/mol. The topological polar surface area (TPSA) is 46.5 Å². The van der Waals surface area contributed by atoms with E-state index in [1.54, 1.807) is 13.0 Å². The molecular formula is C24H19Cl2FO3. The van der Waals surface area contributed by atoms with Crippen molar-refractivity contribution in [2.45, 2.75) is 31.8 Å². The monoisotopic (exact) mass is 444 g/mol. The van der Waals surface area contributed by atoms with Gasteiger partial charge in [0.1, 0.15) is 17.7 Å². The molecule has 0 heterocycles. The van der Waals surface area contributed by atoms with Gasteiger partial charge in [-0.05, 0) is 77.9 Å². The van der Waals surface area contributed by atoms with Gasteiger partial charge in [0.15, 0.2) is 0 Å². The number of carboxylic acid groups (broad SMARTS) is 1. The molecule has 6 heteroatoms. The average Bonchev–Trinajstić information content (AvgIpc) is 3.54. The minimum Gasteiger partial charge on any atom is -0.486 e. The van der Waals surface area contributed by atoms with Gasteiger partial charge in [0.05, 0.1) is 5.02 Å². The van der Waals surface area contributed by atoms with Gasteiger partial charge in [0, 0.05) is 16.7 Å². The lowest BCUT2D eigenvalue weighted by atomic mass is 9.95. The second kappa shape index (κ2) is 8.29. The fourth-order valence-electron chi connectivity index (χ4n) is 3.72. The Morgan fingerprint density at radius 1 is 1.20 bits per heavy atom. The Bertz CT molecular complexity index is 1170. The third kappa shape index (κ3) is 4.16. The summed E-state index contributed by atoms with van der Waals surface area (Å²) >= 11 is 12.3. The van der Waals surface area contributed by atoms with Crippen LogP contribution in [-0.2, 0) is 4.79 Å². The highest BCUT2D eigenvalue weighted by molar-refractivity contribution is 6.36. The van der Waals surface area contributed by atoms with Crippen molar-refractivity contribution in [3.63, 3.8) is 0 Å². The summed E-state index contributed by atoms with van der Waals surface area (Å²) in [7, 11) is 0. The SMILES string of the molecule is C[C@H](Oc1ccc2ccc(/C=C/C(=O)O)c(C3CC3)c2c1)c1c(Cl)ccc(F)c1Cl. The van der Waals surface area contributed by atoms with Gasteiger partial charge in [0.2, 0.25) is 0 Å². The first-order valence-electron chi connectivity index (χ1n) is 9.63. The van der Waals surface area contributed by atoms with Crippen molar-refractivity contribution in [3.05, 3.63) is 81.1 Å². The predicted octanol–water partition coefficient (Wildman–Crippen LogP) is 7.40. The van der Waals surface area contributed by atoms with Crippen LogP contribution in [-0.4, -0.2) is 11.1 Å². The molecule has 3 nitrogen and oxygen atoms in total. The first-order chi connectivity index (χ1) is 14.3. The van der Waals surface area contributed by atoms with Crippen LogP contribution in [0.1, 0.15) is 48.5 Å². The van der Waals surface area contributed by atoms with E-state index in [9.17, 15) is 9.18 Å². The third-order valence-corrected chi connectivity index (χ3v) is 5.97. The zero-order valence-electron chi connectivity index (χ0n) is 16.2. The Morgan fingerprint density at radius 2 is 1.93 bits per heavy atom. The van der Waals surface area contributed by atoms with Crippen LogP contribution in [0.4, 0.5) is 4.39 Å². The van der Waals surface area contributed by atoms with E-state index in [0.29, 0.717) is 22.3 Å². The lowest BCUT2D eigenvalue weighted by Crippen LogP contribution is -2.06. The average molecular weight is 445 g/mol. The summed E-state index contributed by atoms with van der Waals surface area (Å²) in [4.78, 5) is 11.0. The zero-order valence-corrected chi connectivity index (χ0v) is 17.7. The van der Waals surface area contributed by atoms with Gasteiger partial charge in [-0.2, -0.15) is 0 Å². The minimum absolute atomic E-state index is 0.0458. The molecule has 1 aliphatic rings. The van der Waals surface area contributed by atoms with Crippen molar-refractivity contribution < 1.29 is 19.0 Å². The van der Waals surface area contributed by atoms with Gasteiger partial charge >= 0.3 is 5.97 Å². The van der Waals surface area contributed by atoms with E-state index in [1.165, 1.54) is 12.1 Å². The summed E-state index contributed by atoms with van der Waals surface area (Å²) in [6, 6.07) is 12.4. The summed E-state index contributed by atoms with van der Waals surface area (Å²) in [6.45, 7) is 1.77. The first-order valence-corrected chi connectivity index (χ1v) is 10.4. The molecule has 1 N–H and O–H groups in total. The van der Waals surface area contributed by atoms with Crippen LogP contribution < -0.4 is 4.74 Å². The highest BCUT2D eigenvalue weighted by Gasteiger charge is 2.28. The molecule has 3 aromatic rings. The van der Waals surface area contributed by atoms with E-state index in [4.69, 9.17) is 33.0 Å². The summed E-state index contributed by atoms with van der Waals surface area (Å²) in [5, 5.41) is 11.4. The van der Waals surface area contributed by atoms with E-state index in [0.717, 1.165) is 40.8 Å². The molecule has 0 saturated heterocycles. The Kier molecular flexibility index (Phi) is 5.72. The summed E-state index contributed by atoms with van der Waals surface area (Å²) in [5.41, 5.74) is 2.43. The number of ether oxygens (including phenoxy) is 1. The number of fused-ring (bicyclic) bond motifs is 1. The number of carbonyl (C=O) groups is 1. The zero-order chi connectivity index (χ0) is 21.4. The maximum Gasteiger partial charge on any atom is 0.328 e. The van der Waals surface area contributed by atoms with Crippen LogP contribution in [0.25, 0.3) is 16.8 Å². The molecule has 0 amide bonds. The minimum atomic E-state index is -0.980. The quantitative estimate of drug-likeness (QED) is 0.318. The molecule has 4 rings (SSSR count). The van der Waals surface area contributed by atoms with Crippen LogP contribution in [0.5, 0.6) is 5.75 Å². The lowest BCUT2D eigenvalue weighted by Gasteiger charge is -2.19. The highest BCUT2D eigenvalue weighted by Crippen LogP contribution is 2.46. The maximum absolute atomic E-state index is 13.9. The third-order valence-electron chi connectivity index (χ3n) is 5.26. The fourth-order valence-corrected chi connectivity index (χ4v) is 4.40. The van der Waals surface area contributed by atoms with Gasteiger partial charge in [-0.3, -0.25) is 0 Å². The number of hydrogen-bond donors (Lipinski definition) is 1. The molecule has 0 unspecified atom stereocenters. The van der Waals surface area contributed by atoms with Crippen LogP contribution in [0.15, 0.2) is 48.5 Å². The fraction of sp³-hybridized carbons (Fsp3) is 0.208. The van der Waals surface area contributed by atoms with Crippen molar-refractivity contribution in [1.29, 1.82) is 0 Å². The number of halogens is 3. The molecule has 1 atom stereocenters. The molecule has 1 saturated carbocycles. The maximum atomic E-state index is 13.9. The van der Waals surface area contributed by atoms with Crippen molar-refractivity contribution >= 4 is 46.0 Å². The molecule has 0 bridgehead atoms. The Morgan fingerprint density at radius 3 is 2.63 bits per heavy atom. The van der Waals surface area contributed by atoms with Gasteiger partial charge in [-0.1, -0.05) is 41.4 Å². The van der Waals surface area contributed by atoms with Crippen LogP contribution in [0.2, 0.25) is 10.0 Å². The van der Waals surface area contributed by atoms with Crippen LogP contribution in [0, 0.1) is 5.82 Å². The smallest absolute Gasteiger partial charge is 0.328 e. The molecule has 0 aliphatic heterocycles. The molecule has 0 spiro atoms. The Labute approximate surface area is 183 Å². The normalized spacial score (nSPS) is 14.9. The molecule has 0 radical (unpaired) electrons. The van der Waals surface area contributed by atoms with Crippen molar-refractivity contribution in [1.82, 2.24) is 0 Å². The van der Waals surface area contributed by atoms with E-state index in [1.807, 2.05) is 30.3 Å². The second-order valence-corrected chi connectivity index (χ2v) is 8.20. The second-order valence-electron chi connectivity index (χ2n) is 7.41. The van der Waals surface area contributed by atoms with E-state index in [2.05, 4.69) is 0 Å². The molecule has 154 valence electrons. The predicted molar refractivity (Wildman–Crippen MR) is 118 cm³/mol. The Balaban J connectivity index is 1.73. The van der Waals surface area contributed by atoms with E-state index >= 15 is 0 Å². The van der Waals surface area contributed by atoms with Crippen molar-refractivity contribution in [2.75, 3.05) is 0 Å². The molecule has 0 aromatic heterocycles. The van der Waals surface area contributed by atoms with Crippen LogP contribution in [0.3, 0.4) is 0 Å². The van der Waals surface area contributed by atoms with E-state index < -0.39 is 17.9 Å². The van der Waals surface area contributed by atoms with Gasteiger partial charge in [0.25, 0.3) is 0 Å². The summed E-state index contributed by atoms with van der Waals surface area (Å²) in [6.07, 6.45) is 4.38. The highest BCUT2D eigenvalue weighted by atomic mass is 35.5. The first kappa shape index (κ1) is 20.7. The number of benzene rings is 3. The standard InChI is InChI=1S/C24H19Cl2FO3/c1-13(22-19(25)9-10-20(27)24(22)26)30-17-8-6-14-2-3-16(7-11-21(28)29)23(15-4-5-15)18(14)12-17/h2-3,6-13,15H,4-5H2,1H3,(H,28,29)/b11-7+/t13-/m0/s1. The molecule has 3 aromatic carbocycles. The summed E-state index contributed by atoms with van der Waals surface area (Å²) in [5.74, 6) is -0.517. The van der Waals surface area contributed by atoms with Gasteiger partial charge in [-0.25, -0.2) is 9.18 Å². The number of aliphatic carboxylic acids is 1. The van der Waals surface area contributed by atoms with Crippen molar-refractivity contribution in [2.24, 2.45) is 0 Å².